The number of sulfone groups is 1. The lowest BCUT2D eigenvalue weighted by Gasteiger charge is -2.08. The Morgan fingerprint density at radius 1 is 1.38 bits per heavy atom. The summed E-state index contributed by atoms with van der Waals surface area (Å²) in [6, 6.07) is 0. The number of carboxylic acids is 1. The lowest BCUT2D eigenvalue weighted by Crippen LogP contribution is -2.25. The maximum absolute atomic E-state index is 11.3. The maximum atomic E-state index is 11.3. The number of rotatable bonds is 8. The number of aliphatic carboxylic acids is 1. The summed E-state index contributed by atoms with van der Waals surface area (Å²) in [5.74, 6) is -2.51. The summed E-state index contributed by atoms with van der Waals surface area (Å²) in [6.45, 7) is 1.09. The highest BCUT2D eigenvalue weighted by atomic mass is 32.2. The molecule has 0 bridgehead atoms. The molecule has 0 aromatic heterocycles. The van der Waals surface area contributed by atoms with Crippen LogP contribution in [0.25, 0.3) is 0 Å². The molecule has 0 fully saturated rings. The standard InChI is InChI=1S/C8H15NO6S/c1-6(8(11)12)15-3-5-16(13,14)4-2-7(9)10/h6H,2-5H2,1H3,(H2,9,10)(H,11,12)/t6-/m0/s1. The lowest BCUT2D eigenvalue weighted by atomic mass is 10.4. The van der Waals surface area contributed by atoms with E-state index in [4.69, 9.17) is 15.6 Å². The molecule has 0 saturated carbocycles. The normalized spacial score (nSPS) is 13.3. The Kier molecular flexibility index (Phi) is 5.97. The van der Waals surface area contributed by atoms with Crippen molar-refractivity contribution in [3.63, 3.8) is 0 Å². The highest BCUT2D eigenvalue weighted by Crippen LogP contribution is 1.97. The number of amides is 1. The lowest BCUT2D eigenvalue weighted by molar-refractivity contribution is -0.148. The number of ether oxygens (including phenoxy) is 1. The Morgan fingerprint density at radius 2 is 1.94 bits per heavy atom. The van der Waals surface area contributed by atoms with Gasteiger partial charge in [0.15, 0.2) is 15.9 Å². The van der Waals surface area contributed by atoms with Crippen LogP contribution in [-0.4, -0.2) is 49.6 Å². The van der Waals surface area contributed by atoms with Crippen LogP contribution in [-0.2, 0) is 24.2 Å². The predicted octanol–water partition coefficient (Wildman–Crippen LogP) is -1.23. The Morgan fingerprint density at radius 3 is 2.38 bits per heavy atom. The van der Waals surface area contributed by atoms with Gasteiger partial charge in [-0.2, -0.15) is 0 Å². The first-order valence-electron chi connectivity index (χ1n) is 4.58. The first-order valence-corrected chi connectivity index (χ1v) is 6.40. The summed E-state index contributed by atoms with van der Waals surface area (Å²) < 4.78 is 27.3. The molecule has 0 radical (unpaired) electrons. The van der Waals surface area contributed by atoms with Gasteiger partial charge in [-0.15, -0.1) is 0 Å². The van der Waals surface area contributed by atoms with Gasteiger partial charge in [-0.25, -0.2) is 13.2 Å². The molecule has 1 amide bonds. The minimum Gasteiger partial charge on any atom is -0.479 e. The van der Waals surface area contributed by atoms with Crippen molar-refractivity contribution < 1.29 is 27.9 Å². The summed E-state index contributed by atoms with van der Waals surface area (Å²) in [6.07, 6.45) is -1.29. The molecule has 0 aromatic rings. The number of carbonyl (C=O) groups excluding carboxylic acids is 1. The van der Waals surface area contributed by atoms with Crippen LogP contribution in [0.4, 0.5) is 0 Å². The van der Waals surface area contributed by atoms with E-state index in [1.54, 1.807) is 0 Å². The molecule has 8 heteroatoms. The van der Waals surface area contributed by atoms with Crippen molar-refractivity contribution in [1.82, 2.24) is 0 Å². The van der Waals surface area contributed by atoms with Gasteiger partial charge in [0.05, 0.1) is 18.1 Å². The first-order chi connectivity index (χ1) is 7.24. The monoisotopic (exact) mass is 253 g/mol. The Balaban J connectivity index is 3.91. The van der Waals surface area contributed by atoms with Gasteiger partial charge in [0, 0.05) is 6.42 Å². The van der Waals surface area contributed by atoms with E-state index in [1.165, 1.54) is 6.92 Å². The average molecular weight is 253 g/mol. The van der Waals surface area contributed by atoms with Crippen molar-refractivity contribution >= 4 is 21.7 Å². The molecule has 0 aliphatic heterocycles. The minimum absolute atomic E-state index is 0.214. The van der Waals surface area contributed by atoms with E-state index < -0.39 is 27.8 Å². The van der Waals surface area contributed by atoms with Crippen LogP contribution < -0.4 is 5.73 Å². The molecule has 0 unspecified atom stereocenters. The molecular weight excluding hydrogens is 238 g/mol. The van der Waals surface area contributed by atoms with Gasteiger partial charge in [-0.1, -0.05) is 0 Å². The van der Waals surface area contributed by atoms with Gasteiger partial charge in [-0.05, 0) is 6.92 Å². The molecule has 3 N–H and O–H groups in total. The second kappa shape index (κ2) is 6.44. The van der Waals surface area contributed by atoms with Crippen LogP contribution in [0.2, 0.25) is 0 Å². The fourth-order valence-electron chi connectivity index (χ4n) is 0.781. The van der Waals surface area contributed by atoms with Gasteiger partial charge in [0.2, 0.25) is 5.91 Å². The molecule has 7 nitrogen and oxygen atoms in total. The molecule has 0 aliphatic rings. The summed E-state index contributed by atoms with van der Waals surface area (Å²) >= 11 is 0. The zero-order chi connectivity index (χ0) is 12.8. The van der Waals surface area contributed by atoms with E-state index in [1.807, 2.05) is 0 Å². The Hall–Kier alpha value is -1.15. The number of hydrogen-bond donors (Lipinski definition) is 2. The maximum Gasteiger partial charge on any atom is 0.332 e. The van der Waals surface area contributed by atoms with Gasteiger partial charge in [0.25, 0.3) is 0 Å². The first kappa shape index (κ1) is 14.8. The van der Waals surface area contributed by atoms with Crippen molar-refractivity contribution in [2.45, 2.75) is 19.4 Å². The SMILES string of the molecule is C[C@H](OCCS(=O)(=O)CCC(N)=O)C(=O)O. The second-order valence-corrected chi connectivity index (χ2v) is 5.52. The largest absolute Gasteiger partial charge is 0.479 e. The van der Waals surface area contributed by atoms with Crippen molar-refractivity contribution in [1.29, 1.82) is 0 Å². The summed E-state index contributed by atoms with van der Waals surface area (Å²) in [7, 11) is -3.42. The third kappa shape index (κ3) is 7.18. The molecular formula is C8H15NO6S. The predicted molar refractivity (Wildman–Crippen MR) is 55.5 cm³/mol. The van der Waals surface area contributed by atoms with Gasteiger partial charge in [0.1, 0.15) is 0 Å². The smallest absolute Gasteiger partial charge is 0.332 e. The molecule has 16 heavy (non-hydrogen) atoms. The molecule has 0 saturated heterocycles. The fourth-order valence-corrected chi connectivity index (χ4v) is 1.85. The van der Waals surface area contributed by atoms with Crippen LogP contribution >= 0.6 is 0 Å². The molecule has 0 heterocycles. The summed E-state index contributed by atoms with van der Waals surface area (Å²) in [4.78, 5) is 20.7. The van der Waals surface area contributed by atoms with Crippen LogP contribution in [0, 0.1) is 0 Å². The third-order valence-corrected chi connectivity index (χ3v) is 3.38. The molecule has 94 valence electrons. The highest BCUT2D eigenvalue weighted by Gasteiger charge is 2.15. The molecule has 0 rings (SSSR count). The number of nitrogens with two attached hydrogens (primary N) is 1. The Labute approximate surface area is 93.5 Å². The van der Waals surface area contributed by atoms with E-state index >= 15 is 0 Å². The number of carbonyl (C=O) groups is 2. The Bertz CT molecular complexity index is 350. The molecule has 0 spiro atoms. The van der Waals surface area contributed by atoms with Gasteiger partial charge in [-0.3, -0.25) is 4.79 Å². The number of primary amides is 1. The van der Waals surface area contributed by atoms with E-state index in [0.717, 1.165) is 0 Å². The fraction of sp³-hybridized carbons (Fsp3) is 0.750. The van der Waals surface area contributed by atoms with E-state index in [0.29, 0.717) is 0 Å². The third-order valence-electron chi connectivity index (χ3n) is 1.77. The van der Waals surface area contributed by atoms with Crippen molar-refractivity contribution in [2.75, 3.05) is 18.1 Å². The second-order valence-electron chi connectivity index (χ2n) is 3.22. The quantitative estimate of drug-likeness (QED) is 0.558. The van der Waals surface area contributed by atoms with Crippen molar-refractivity contribution in [2.24, 2.45) is 5.73 Å². The topological polar surface area (TPSA) is 124 Å². The van der Waals surface area contributed by atoms with Crippen LogP contribution in [0.3, 0.4) is 0 Å². The minimum atomic E-state index is -3.42. The van der Waals surface area contributed by atoms with E-state index in [-0.39, 0.29) is 24.5 Å². The molecule has 0 aliphatic carbocycles. The van der Waals surface area contributed by atoms with Gasteiger partial charge < -0.3 is 15.6 Å². The number of carboxylic acid groups (broad SMARTS) is 1. The zero-order valence-corrected chi connectivity index (χ0v) is 9.70. The highest BCUT2D eigenvalue weighted by molar-refractivity contribution is 7.91. The average Bonchev–Trinajstić information content (AvgIpc) is 2.14. The number of hydrogen-bond acceptors (Lipinski definition) is 5. The zero-order valence-electron chi connectivity index (χ0n) is 8.88. The molecule has 0 aromatic carbocycles. The van der Waals surface area contributed by atoms with Crippen LogP contribution in [0.5, 0.6) is 0 Å². The summed E-state index contributed by atoms with van der Waals surface area (Å²) in [5, 5.41) is 8.45. The van der Waals surface area contributed by atoms with E-state index in [9.17, 15) is 18.0 Å². The van der Waals surface area contributed by atoms with Crippen molar-refractivity contribution in [3.8, 4) is 0 Å². The van der Waals surface area contributed by atoms with Crippen molar-refractivity contribution in [3.05, 3.63) is 0 Å². The van der Waals surface area contributed by atoms with Crippen LogP contribution in [0.15, 0.2) is 0 Å². The van der Waals surface area contributed by atoms with E-state index in [2.05, 4.69) is 0 Å². The van der Waals surface area contributed by atoms with Gasteiger partial charge >= 0.3 is 5.97 Å². The van der Waals surface area contributed by atoms with Crippen LogP contribution in [0.1, 0.15) is 13.3 Å². The summed E-state index contributed by atoms with van der Waals surface area (Å²) in [5.41, 5.74) is 4.80. The molecule has 1 atom stereocenters.